The monoisotopic (exact) mass is 400 g/mol. The van der Waals surface area contributed by atoms with Gasteiger partial charge in [0.15, 0.2) is 0 Å². The molecule has 0 spiro atoms. The van der Waals surface area contributed by atoms with Crippen LogP contribution in [0.4, 0.5) is 0 Å². The minimum atomic E-state index is 0.595. The minimum absolute atomic E-state index is 0.595. The lowest BCUT2D eigenvalue weighted by molar-refractivity contribution is 0.833. The maximum absolute atomic E-state index is 8.89. The molecule has 0 aliphatic rings. The summed E-state index contributed by atoms with van der Waals surface area (Å²) in [5.74, 6) is 0. The number of aromatic nitrogens is 1. The number of thiazole rings is 1. The molecule has 1 heterocycles. The van der Waals surface area contributed by atoms with E-state index in [9.17, 15) is 0 Å². The molecule has 0 bridgehead atoms. The number of hydrogen-bond donors (Lipinski definition) is 0. The predicted octanol–water partition coefficient (Wildman–Crippen LogP) is 5.20. The Labute approximate surface area is 165 Å². The fourth-order valence-corrected chi connectivity index (χ4v) is 3.58. The molecule has 0 radical (unpaired) electrons. The van der Waals surface area contributed by atoms with E-state index in [1.807, 2.05) is 30.5 Å². The van der Waals surface area contributed by atoms with Crippen LogP contribution >= 0.6 is 34.5 Å². The van der Waals surface area contributed by atoms with E-state index >= 15 is 0 Å². The molecule has 7 heteroatoms. The smallest absolute Gasteiger partial charge is 0.206 e. The first-order valence-electron chi connectivity index (χ1n) is 7.83. The van der Waals surface area contributed by atoms with Gasteiger partial charge in [0.05, 0.1) is 28.6 Å². The molecule has 0 fully saturated rings. The van der Waals surface area contributed by atoms with E-state index in [-0.39, 0.29) is 0 Å². The summed E-state index contributed by atoms with van der Waals surface area (Å²) in [4.78, 5) is 5.26. The molecule has 0 aliphatic carbocycles. The Hall–Kier alpha value is -2.39. The van der Waals surface area contributed by atoms with Crippen molar-refractivity contribution in [1.82, 2.24) is 4.68 Å². The highest BCUT2D eigenvalue weighted by molar-refractivity contribution is 7.07. The van der Waals surface area contributed by atoms with Crippen LogP contribution in [0.2, 0.25) is 10.0 Å². The number of nitrogens with zero attached hydrogens (tertiary/aromatic N) is 4. The van der Waals surface area contributed by atoms with Crippen molar-refractivity contribution in [2.24, 2.45) is 10.1 Å². The normalized spacial score (nSPS) is 11.8. The van der Waals surface area contributed by atoms with Gasteiger partial charge in [-0.25, -0.2) is 4.68 Å². The van der Waals surface area contributed by atoms with E-state index in [4.69, 9.17) is 28.5 Å². The summed E-state index contributed by atoms with van der Waals surface area (Å²) in [6, 6.07) is 14.6. The van der Waals surface area contributed by atoms with E-state index in [1.54, 1.807) is 35.2 Å². The zero-order valence-corrected chi connectivity index (χ0v) is 16.2. The molecule has 2 aromatic carbocycles. The summed E-state index contributed by atoms with van der Waals surface area (Å²) in [6.07, 6.45) is 1.73. The number of halogens is 2. The summed E-state index contributed by atoms with van der Waals surface area (Å²) < 4.78 is 1.75. The molecule has 0 amide bonds. The highest BCUT2D eigenvalue weighted by atomic mass is 35.5. The Kier molecular flexibility index (Phi) is 5.89. The van der Waals surface area contributed by atoms with Crippen molar-refractivity contribution in [3.63, 3.8) is 0 Å². The molecule has 0 saturated carbocycles. The van der Waals surface area contributed by atoms with Gasteiger partial charge < -0.3 is 0 Å². The topological polar surface area (TPSA) is 53.4 Å². The molecule has 26 heavy (non-hydrogen) atoms. The molecule has 3 rings (SSSR count). The summed E-state index contributed by atoms with van der Waals surface area (Å²) in [5, 5.41) is 16.6. The fraction of sp³-hybridized carbons (Fsp3) is 0.105. The van der Waals surface area contributed by atoms with E-state index < -0.39 is 0 Å². The lowest BCUT2D eigenvalue weighted by Crippen LogP contribution is -2.12. The van der Waals surface area contributed by atoms with Crippen molar-refractivity contribution in [3.8, 4) is 17.3 Å². The third kappa shape index (κ3) is 4.05. The van der Waals surface area contributed by atoms with Gasteiger partial charge >= 0.3 is 0 Å². The van der Waals surface area contributed by atoms with Gasteiger partial charge in [0.2, 0.25) is 4.80 Å². The zero-order chi connectivity index (χ0) is 18.5. The molecular formula is C19H14Cl2N4S. The van der Waals surface area contributed by atoms with Crippen LogP contribution in [0.3, 0.4) is 0 Å². The Morgan fingerprint density at radius 1 is 1.19 bits per heavy atom. The van der Waals surface area contributed by atoms with Gasteiger partial charge in [-0.15, -0.1) is 11.3 Å². The summed E-state index contributed by atoms with van der Waals surface area (Å²) in [5.41, 5.74) is 3.11. The molecule has 0 aliphatic heterocycles. The number of rotatable bonds is 4. The molecule has 3 aromatic rings. The second-order valence-electron chi connectivity index (χ2n) is 5.29. The number of hydrogen-bond acceptors (Lipinski definition) is 4. The van der Waals surface area contributed by atoms with E-state index in [2.05, 4.69) is 16.2 Å². The van der Waals surface area contributed by atoms with Crippen molar-refractivity contribution in [2.75, 3.05) is 6.54 Å². The molecule has 130 valence electrons. The first-order chi connectivity index (χ1) is 12.6. The van der Waals surface area contributed by atoms with Crippen molar-refractivity contribution in [1.29, 1.82) is 5.26 Å². The van der Waals surface area contributed by atoms with Crippen LogP contribution in [0.1, 0.15) is 18.1 Å². The number of nitriles is 1. The first kappa shape index (κ1) is 18.4. The standard InChI is InChI=1S/C19H14Cl2N4S/c1-2-23-19-25(24-11-14-5-3-13(10-22)4-6-14)18(12-26-19)16-9-15(20)7-8-17(16)21/h3-9,11-12H,2H2,1H3. The van der Waals surface area contributed by atoms with Crippen molar-refractivity contribution >= 4 is 40.8 Å². The molecule has 0 unspecified atom stereocenters. The van der Waals surface area contributed by atoms with E-state index in [1.165, 1.54) is 11.3 Å². The maximum atomic E-state index is 8.89. The van der Waals surface area contributed by atoms with Crippen LogP contribution in [0.15, 0.2) is 57.9 Å². The third-order valence-corrected chi connectivity index (χ3v) is 4.96. The van der Waals surface area contributed by atoms with Gasteiger partial charge in [-0.3, -0.25) is 4.99 Å². The van der Waals surface area contributed by atoms with E-state index in [0.29, 0.717) is 22.2 Å². The predicted molar refractivity (Wildman–Crippen MR) is 108 cm³/mol. The Bertz CT molecular complexity index is 1060. The largest absolute Gasteiger partial charge is 0.258 e. The van der Waals surface area contributed by atoms with Crippen LogP contribution in [0.5, 0.6) is 0 Å². The van der Waals surface area contributed by atoms with Crippen LogP contribution in [0, 0.1) is 11.3 Å². The lowest BCUT2D eigenvalue weighted by atomic mass is 10.2. The van der Waals surface area contributed by atoms with Gasteiger partial charge in [-0.05, 0) is 42.8 Å². The molecule has 0 saturated heterocycles. The maximum Gasteiger partial charge on any atom is 0.206 e. The average molecular weight is 401 g/mol. The highest BCUT2D eigenvalue weighted by Crippen LogP contribution is 2.30. The Morgan fingerprint density at radius 2 is 1.96 bits per heavy atom. The van der Waals surface area contributed by atoms with Gasteiger partial charge in [0, 0.05) is 22.5 Å². The SMILES string of the molecule is CCN=c1scc(-c2cc(Cl)ccc2Cl)n1N=Cc1ccc(C#N)cc1. The van der Waals surface area contributed by atoms with Crippen LogP contribution in [-0.4, -0.2) is 17.4 Å². The quantitative estimate of drug-likeness (QED) is 0.555. The summed E-state index contributed by atoms with van der Waals surface area (Å²) in [7, 11) is 0. The molecular weight excluding hydrogens is 387 g/mol. The van der Waals surface area contributed by atoms with Gasteiger partial charge in [0.1, 0.15) is 0 Å². The average Bonchev–Trinajstić information content (AvgIpc) is 3.05. The summed E-state index contributed by atoms with van der Waals surface area (Å²) in [6.45, 7) is 2.62. The van der Waals surface area contributed by atoms with Crippen LogP contribution < -0.4 is 4.80 Å². The van der Waals surface area contributed by atoms with E-state index in [0.717, 1.165) is 21.6 Å². The highest BCUT2D eigenvalue weighted by Gasteiger charge is 2.11. The van der Waals surface area contributed by atoms with Crippen molar-refractivity contribution in [2.45, 2.75) is 6.92 Å². The Morgan fingerprint density at radius 3 is 2.65 bits per heavy atom. The molecule has 1 aromatic heterocycles. The lowest BCUT2D eigenvalue weighted by Gasteiger charge is -2.06. The van der Waals surface area contributed by atoms with Crippen molar-refractivity contribution < 1.29 is 0 Å². The second kappa shape index (κ2) is 8.33. The second-order valence-corrected chi connectivity index (χ2v) is 6.97. The fourth-order valence-electron chi connectivity index (χ4n) is 2.30. The van der Waals surface area contributed by atoms with Crippen molar-refractivity contribution in [3.05, 3.63) is 73.8 Å². The van der Waals surface area contributed by atoms with Gasteiger partial charge in [0.25, 0.3) is 0 Å². The van der Waals surface area contributed by atoms with Crippen LogP contribution in [-0.2, 0) is 0 Å². The third-order valence-electron chi connectivity index (χ3n) is 3.55. The van der Waals surface area contributed by atoms with Gasteiger partial charge in [-0.2, -0.15) is 10.4 Å². The molecule has 4 nitrogen and oxygen atoms in total. The number of benzene rings is 2. The Balaban J connectivity index is 2.08. The zero-order valence-electron chi connectivity index (χ0n) is 13.9. The minimum Gasteiger partial charge on any atom is -0.258 e. The molecule has 0 N–H and O–H groups in total. The van der Waals surface area contributed by atoms with Crippen LogP contribution in [0.25, 0.3) is 11.3 Å². The molecule has 0 atom stereocenters. The first-order valence-corrected chi connectivity index (χ1v) is 9.47. The summed E-state index contributed by atoms with van der Waals surface area (Å²) >= 11 is 14.0. The van der Waals surface area contributed by atoms with Gasteiger partial charge in [-0.1, -0.05) is 35.3 Å².